The number of ketones is 2. The van der Waals surface area contributed by atoms with E-state index in [0.29, 0.717) is 22.5 Å². The molecule has 2 aromatic carbocycles. The number of benzene rings is 2. The zero-order valence-electron chi connectivity index (χ0n) is 15.4. The molecule has 1 aliphatic carbocycles. The van der Waals surface area contributed by atoms with Crippen LogP contribution < -0.4 is 5.43 Å². The van der Waals surface area contributed by atoms with E-state index in [2.05, 4.69) is 0 Å². The molecule has 28 heavy (non-hydrogen) atoms. The van der Waals surface area contributed by atoms with Crippen molar-refractivity contribution in [3.63, 3.8) is 0 Å². The average molecular weight is 374 g/mol. The van der Waals surface area contributed by atoms with E-state index in [9.17, 15) is 19.5 Å². The number of rotatable bonds is 3. The molecule has 0 spiro atoms. The lowest BCUT2D eigenvalue weighted by atomic mass is 9.80. The van der Waals surface area contributed by atoms with Crippen molar-refractivity contribution in [2.75, 3.05) is 0 Å². The number of hydrogen-bond donors (Lipinski definition) is 1. The molecule has 5 heteroatoms. The first-order chi connectivity index (χ1) is 13.4. The van der Waals surface area contributed by atoms with Crippen molar-refractivity contribution in [1.82, 2.24) is 0 Å². The van der Waals surface area contributed by atoms with E-state index in [4.69, 9.17) is 4.42 Å². The summed E-state index contributed by atoms with van der Waals surface area (Å²) in [5.74, 6) is -3.02. The fourth-order valence-electron chi connectivity index (χ4n) is 3.78. The standard InChI is InChI=1S/C23H18O5/c1-12-7-9-14(10-8-12)18(23-22(27)17(24)11-13(2)28-23)19-20(25)15-5-3-4-6-16(15)21(19)26/h3-11,18-19,27H,1-2H3. The Balaban J connectivity index is 1.96. The van der Waals surface area contributed by atoms with Crippen molar-refractivity contribution in [2.45, 2.75) is 19.8 Å². The Kier molecular flexibility index (Phi) is 4.23. The normalized spacial score (nSPS) is 14.9. The monoisotopic (exact) mass is 374 g/mol. The fraction of sp³-hybridized carbons (Fsp3) is 0.174. The molecular formula is C23H18O5. The third kappa shape index (κ3) is 2.76. The number of carbonyl (C=O) groups is 2. The van der Waals surface area contributed by atoms with Crippen LogP contribution in [0.4, 0.5) is 0 Å². The number of fused-ring (bicyclic) bond motifs is 1. The first kappa shape index (κ1) is 17.9. The Morgan fingerprint density at radius 3 is 2.04 bits per heavy atom. The van der Waals surface area contributed by atoms with Crippen molar-refractivity contribution >= 4 is 11.6 Å². The van der Waals surface area contributed by atoms with Gasteiger partial charge in [-0.2, -0.15) is 0 Å². The Morgan fingerprint density at radius 2 is 1.46 bits per heavy atom. The van der Waals surface area contributed by atoms with Crippen LogP contribution >= 0.6 is 0 Å². The zero-order chi connectivity index (χ0) is 20.0. The predicted octanol–water partition coefficient (Wildman–Crippen LogP) is 3.79. The molecule has 0 fully saturated rings. The zero-order valence-corrected chi connectivity index (χ0v) is 15.4. The molecule has 0 saturated heterocycles. The molecule has 4 rings (SSSR count). The summed E-state index contributed by atoms with van der Waals surface area (Å²) in [5.41, 5.74) is 1.72. The summed E-state index contributed by atoms with van der Waals surface area (Å²) in [4.78, 5) is 38.4. The minimum absolute atomic E-state index is 0.0617. The van der Waals surface area contributed by atoms with Gasteiger partial charge in [0, 0.05) is 17.2 Å². The van der Waals surface area contributed by atoms with E-state index < -0.39 is 23.0 Å². The molecule has 0 amide bonds. The average Bonchev–Trinajstić information content (AvgIpc) is 2.92. The van der Waals surface area contributed by atoms with Gasteiger partial charge in [0.1, 0.15) is 5.76 Å². The SMILES string of the molecule is Cc1ccc(C(c2oc(C)cc(=O)c2O)C2C(=O)c3ccccc3C2=O)cc1. The first-order valence-corrected chi connectivity index (χ1v) is 8.96. The molecule has 0 bridgehead atoms. The summed E-state index contributed by atoms with van der Waals surface area (Å²) in [7, 11) is 0. The molecule has 1 atom stereocenters. The van der Waals surface area contributed by atoms with Crippen LogP contribution in [0.25, 0.3) is 0 Å². The number of aromatic hydroxyl groups is 1. The number of aryl methyl sites for hydroxylation is 2. The molecule has 0 aliphatic heterocycles. The van der Waals surface area contributed by atoms with Gasteiger partial charge in [0.15, 0.2) is 17.3 Å². The van der Waals surface area contributed by atoms with Crippen LogP contribution in [0.5, 0.6) is 5.75 Å². The molecule has 1 aliphatic rings. The maximum atomic E-state index is 13.1. The maximum Gasteiger partial charge on any atom is 0.227 e. The quantitative estimate of drug-likeness (QED) is 0.705. The lowest BCUT2D eigenvalue weighted by molar-refractivity contribution is 0.0816. The Hall–Kier alpha value is -3.47. The van der Waals surface area contributed by atoms with Crippen molar-refractivity contribution in [2.24, 2.45) is 5.92 Å². The summed E-state index contributed by atoms with van der Waals surface area (Å²) < 4.78 is 5.69. The van der Waals surface area contributed by atoms with Crippen molar-refractivity contribution in [3.8, 4) is 5.75 Å². The molecule has 1 unspecified atom stereocenters. The highest BCUT2D eigenvalue weighted by molar-refractivity contribution is 6.27. The van der Waals surface area contributed by atoms with E-state index in [-0.39, 0.29) is 17.3 Å². The summed E-state index contributed by atoms with van der Waals surface area (Å²) in [5, 5.41) is 10.4. The van der Waals surface area contributed by atoms with Gasteiger partial charge in [-0.05, 0) is 19.4 Å². The largest absolute Gasteiger partial charge is 0.502 e. The minimum atomic E-state index is -1.10. The van der Waals surface area contributed by atoms with Gasteiger partial charge in [0.2, 0.25) is 11.2 Å². The summed E-state index contributed by atoms with van der Waals surface area (Å²) in [6.45, 7) is 3.51. The number of hydrogen-bond acceptors (Lipinski definition) is 5. The predicted molar refractivity (Wildman–Crippen MR) is 103 cm³/mol. The van der Waals surface area contributed by atoms with Crippen LogP contribution in [-0.2, 0) is 0 Å². The van der Waals surface area contributed by atoms with Crippen molar-refractivity contribution in [1.29, 1.82) is 0 Å². The number of carbonyl (C=O) groups excluding carboxylic acids is 2. The van der Waals surface area contributed by atoms with Crippen LogP contribution in [0.2, 0.25) is 0 Å². The van der Waals surface area contributed by atoms with Gasteiger partial charge in [-0.25, -0.2) is 0 Å². The van der Waals surface area contributed by atoms with Gasteiger partial charge < -0.3 is 9.52 Å². The van der Waals surface area contributed by atoms with Crippen LogP contribution in [0.1, 0.15) is 49.3 Å². The Morgan fingerprint density at radius 1 is 0.893 bits per heavy atom. The molecular weight excluding hydrogens is 356 g/mol. The smallest absolute Gasteiger partial charge is 0.227 e. The van der Waals surface area contributed by atoms with Gasteiger partial charge >= 0.3 is 0 Å². The molecule has 3 aromatic rings. The third-order valence-electron chi connectivity index (χ3n) is 5.15. The maximum absolute atomic E-state index is 13.1. The highest BCUT2D eigenvalue weighted by Gasteiger charge is 2.46. The summed E-state index contributed by atoms with van der Waals surface area (Å²) >= 11 is 0. The molecule has 1 heterocycles. The molecule has 140 valence electrons. The van der Waals surface area contributed by atoms with Crippen LogP contribution in [0.15, 0.2) is 63.8 Å². The van der Waals surface area contributed by atoms with E-state index in [1.165, 1.54) is 6.07 Å². The Bertz CT molecular complexity index is 1120. The minimum Gasteiger partial charge on any atom is -0.502 e. The van der Waals surface area contributed by atoms with Crippen LogP contribution in [0, 0.1) is 19.8 Å². The highest BCUT2D eigenvalue weighted by atomic mass is 16.4. The molecule has 5 nitrogen and oxygen atoms in total. The topological polar surface area (TPSA) is 84.6 Å². The van der Waals surface area contributed by atoms with Gasteiger partial charge in [-0.3, -0.25) is 14.4 Å². The van der Waals surface area contributed by atoms with E-state index >= 15 is 0 Å². The fourth-order valence-corrected chi connectivity index (χ4v) is 3.78. The summed E-state index contributed by atoms with van der Waals surface area (Å²) in [6, 6.07) is 15.1. The lowest BCUT2D eigenvalue weighted by Crippen LogP contribution is -2.26. The van der Waals surface area contributed by atoms with E-state index in [0.717, 1.165) is 5.56 Å². The van der Waals surface area contributed by atoms with Gasteiger partial charge in [-0.1, -0.05) is 54.1 Å². The van der Waals surface area contributed by atoms with Gasteiger partial charge in [-0.15, -0.1) is 0 Å². The van der Waals surface area contributed by atoms with Crippen molar-refractivity contribution in [3.05, 3.63) is 98.6 Å². The third-order valence-corrected chi connectivity index (χ3v) is 5.15. The van der Waals surface area contributed by atoms with Crippen LogP contribution in [-0.4, -0.2) is 16.7 Å². The second-order valence-electron chi connectivity index (χ2n) is 7.07. The van der Waals surface area contributed by atoms with E-state index in [1.54, 1.807) is 43.3 Å². The van der Waals surface area contributed by atoms with Gasteiger partial charge in [0.05, 0.1) is 11.8 Å². The van der Waals surface area contributed by atoms with Gasteiger partial charge in [0.25, 0.3) is 0 Å². The molecule has 1 N–H and O–H groups in total. The second-order valence-corrected chi connectivity index (χ2v) is 7.07. The highest BCUT2D eigenvalue weighted by Crippen LogP contribution is 2.42. The first-order valence-electron chi connectivity index (χ1n) is 8.96. The van der Waals surface area contributed by atoms with Crippen LogP contribution in [0.3, 0.4) is 0 Å². The molecule has 0 saturated carbocycles. The van der Waals surface area contributed by atoms with Crippen molar-refractivity contribution < 1.29 is 19.1 Å². The molecule has 0 radical (unpaired) electrons. The summed E-state index contributed by atoms with van der Waals surface area (Å²) in [6.07, 6.45) is 0. The lowest BCUT2D eigenvalue weighted by Gasteiger charge is -2.22. The van der Waals surface area contributed by atoms with E-state index in [1.807, 2.05) is 19.1 Å². The number of Topliss-reactive ketones (excluding diaryl/α,β-unsaturated/α-hetero) is 2. The molecule has 1 aromatic heterocycles. The Labute approximate surface area is 161 Å². The second kappa shape index (κ2) is 6.60.